The number of nitrogens with one attached hydrogen (secondary N) is 2. The lowest BCUT2D eigenvalue weighted by Gasteiger charge is -2.27. The number of benzene rings is 1. The van der Waals surface area contributed by atoms with Gasteiger partial charge in [0.2, 0.25) is 24.0 Å². The number of hydrogen-bond acceptors (Lipinski definition) is 10. The van der Waals surface area contributed by atoms with Gasteiger partial charge in [-0.1, -0.05) is 44.2 Å². The monoisotopic (exact) mass is 848 g/mol. The molecule has 7 atom stereocenters. The summed E-state index contributed by atoms with van der Waals surface area (Å²) in [5, 5.41) is 25.0. The zero-order chi connectivity index (χ0) is 44.0. The topological polar surface area (TPSA) is 246 Å². The molecule has 18 heteroatoms. The molecule has 1 aliphatic heterocycles. The highest BCUT2D eigenvalue weighted by molar-refractivity contribution is 7.46. The highest BCUT2D eigenvalue weighted by Gasteiger charge is 2.37. The molecule has 17 nitrogen and oxygen atoms in total. The maximum Gasteiger partial charge on any atom is 0.469 e. The van der Waals surface area contributed by atoms with Gasteiger partial charge in [0, 0.05) is 45.6 Å². The third-order valence-electron chi connectivity index (χ3n) is 10.7. The molecule has 1 fully saturated rings. The number of rotatable bonds is 25. The normalized spacial score (nSPS) is 17.5. The molecule has 0 spiro atoms. The molecule has 3 amide bonds. The van der Waals surface area contributed by atoms with E-state index in [0.29, 0.717) is 44.6 Å². The lowest BCUT2D eigenvalue weighted by Crippen LogP contribution is -2.51. The predicted molar refractivity (Wildman–Crippen MR) is 215 cm³/mol. The Bertz CT molecular complexity index is 1800. The first kappa shape index (κ1) is 49.2. The molecule has 0 aliphatic carbocycles. The molecule has 1 unspecified atom stereocenters. The third-order valence-corrected chi connectivity index (χ3v) is 11.3. The number of aliphatic hydroxyl groups excluding tert-OH is 2. The summed E-state index contributed by atoms with van der Waals surface area (Å²) in [6.07, 6.45) is 2.84. The Hall–Kier alpha value is -4.12. The Morgan fingerprint density at radius 1 is 0.983 bits per heavy atom. The van der Waals surface area contributed by atoms with Crippen molar-refractivity contribution in [1.29, 1.82) is 0 Å². The van der Waals surface area contributed by atoms with E-state index >= 15 is 0 Å². The second-order valence-corrected chi connectivity index (χ2v) is 17.3. The van der Waals surface area contributed by atoms with Gasteiger partial charge in [0.1, 0.15) is 23.7 Å². The van der Waals surface area contributed by atoms with Crippen molar-refractivity contribution in [3.63, 3.8) is 0 Å². The van der Waals surface area contributed by atoms with Crippen molar-refractivity contribution in [2.75, 3.05) is 13.2 Å². The lowest BCUT2D eigenvalue weighted by molar-refractivity contribution is -0.697. The summed E-state index contributed by atoms with van der Waals surface area (Å²) in [7, 11) is -4.98. The molecular weight excluding hydrogens is 785 g/mol. The number of phosphoric ester groups is 1. The molecule has 2 heterocycles. The summed E-state index contributed by atoms with van der Waals surface area (Å²) >= 11 is 0. The summed E-state index contributed by atoms with van der Waals surface area (Å²) in [6.45, 7) is 9.90. The first-order valence-corrected chi connectivity index (χ1v) is 21.8. The Labute approximate surface area is 346 Å². The van der Waals surface area contributed by atoms with Crippen LogP contribution in [0.25, 0.3) is 0 Å². The van der Waals surface area contributed by atoms with E-state index < -0.39 is 92.2 Å². The van der Waals surface area contributed by atoms with Crippen LogP contribution < -0.4 is 15.2 Å². The second-order valence-electron chi connectivity index (χ2n) is 16.1. The van der Waals surface area contributed by atoms with Gasteiger partial charge in [-0.3, -0.25) is 33.3 Å². The Morgan fingerprint density at radius 2 is 1.66 bits per heavy atom. The average molecular weight is 849 g/mol. The van der Waals surface area contributed by atoms with Crippen molar-refractivity contribution < 1.29 is 62.4 Å². The minimum Gasteiger partial charge on any atom is -0.394 e. The SMILES string of the molecule is CC(=O)[C@@H](CC(=O)[C@H](C)NC(=O)[C@@H](CC(=O)[C@H](CC(C)C)NC(=O)[C@@H]1CCCN1C(C)=O)Cc1c[n+](CCC(O)CO)cn1CCc1ccccc1)[C@@H](C)OP(=O)(O)O. The van der Waals surface area contributed by atoms with E-state index in [-0.39, 0.29) is 37.5 Å². The Balaban J connectivity index is 1.96. The summed E-state index contributed by atoms with van der Waals surface area (Å²) < 4.78 is 19.9. The number of hydrogen-bond donors (Lipinski definition) is 6. The highest BCUT2D eigenvalue weighted by Crippen LogP contribution is 2.39. The molecule has 1 aromatic carbocycles. The summed E-state index contributed by atoms with van der Waals surface area (Å²) in [5.74, 6) is -5.21. The molecular formula is C41H63N5O12P+. The largest absolute Gasteiger partial charge is 0.469 e. The Kier molecular flexibility index (Phi) is 19.2. The molecule has 0 radical (unpaired) electrons. The molecule has 59 heavy (non-hydrogen) atoms. The van der Waals surface area contributed by atoms with Crippen LogP contribution in [0.4, 0.5) is 0 Å². The summed E-state index contributed by atoms with van der Waals surface area (Å²) in [5.41, 5.74) is 1.73. The number of Topliss-reactive ketones (excluding diaryl/α,β-unsaturated/α-hetero) is 3. The van der Waals surface area contributed by atoms with E-state index in [0.717, 1.165) is 5.56 Å². The molecule has 328 valence electrons. The van der Waals surface area contributed by atoms with E-state index in [1.54, 1.807) is 6.20 Å². The summed E-state index contributed by atoms with van der Waals surface area (Å²) in [4.78, 5) is 100. The van der Waals surface area contributed by atoms with Crippen LogP contribution in [0, 0.1) is 17.8 Å². The number of carbonyl (C=O) groups excluding carboxylic acids is 6. The van der Waals surface area contributed by atoms with Gasteiger partial charge in [-0.15, -0.1) is 0 Å². The number of imidazole rings is 1. The van der Waals surface area contributed by atoms with Crippen molar-refractivity contribution in [2.45, 2.75) is 136 Å². The number of aliphatic hydroxyl groups is 2. The van der Waals surface area contributed by atoms with Gasteiger partial charge < -0.3 is 35.5 Å². The minimum atomic E-state index is -4.98. The van der Waals surface area contributed by atoms with E-state index in [9.17, 15) is 53.3 Å². The Morgan fingerprint density at radius 3 is 2.25 bits per heavy atom. The van der Waals surface area contributed by atoms with Crippen LogP contribution in [0.1, 0.15) is 91.3 Å². The third kappa shape index (κ3) is 16.1. The van der Waals surface area contributed by atoms with Crippen molar-refractivity contribution >= 4 is 42.9 Å². The van der Waals surface area contributed by atoms with Crippen LogP contribution in [0.15, 0.2) is 42.9 Å². The first-order valence-electron chi connectivity index (χ1n) is 20.3. The standard InChI is InChI=1S/C41H62N5O12P/c1-26(2)19-36(43-41(54)37-13-10-16-46(37)30(6)49)39(52)21-32(40(53)42-27(3)38(51)22-35(28(4)48)29(5)58-59(55,56)57)20-33-23-44(17-15-34(50)24-47)25-45(33)18-14-31-11-8-7-9-12-31/h7-9,11-12,23,25-27,29,32,34-37,47,50H,10,13-22,24H2,1-6H3,(H3-,42,43,53,54,55,56,57)/p+1/t27-,29+,32+,34?,35+,36-,37-/m0/s1. The number of carbonyl (C=O) groups is 6. The van der Waals surface area contributed by atoms with Crippen molar-refractivity contribution in [1.82, 2.24) is 20.1 Å². The van der Waals surface area contributed by atoms with E-state index in [1.807, 2.05) is 59.6 Å². The predicted octanol–water partition coefficient (Wildman–Crippen LogP) is 1.59. The fourth-order valence-corrected chi connectivity index (χ4v) is 7.97. The lowest BCUT2D eigenvalue weighted by atomic mass is 9.89. The molecule has 6 N–H and O–H groups in total. The maximum absolute atomic E-state index is 14.3. The zero-order valence-electron chi connectivity index (χ0n) is 35.0. The van der Waals surface area contributed by atoms with Crippen LogP contribution in [0.2, 0.25) is 0 Å². The fourth-order valence-electron chi connectivity index (χ4n) is 7.39. The summed E-state index contributed by atoms with van der Waals surface area (Å²) in [6, 6.07) is 6.87. The van der Waals surface area contributed by atoms with Gasteiger partial charge in [0.15, 0.2) is 11.6 Å². The maximum atomic E-state index is 14.3. The number of likely N-dealkylation sites (tertiary alicyclic amines) is 1. The number of nitrogens with zero attached hydrogens (tertiary/aromatic N) is 3. The van der Waals surface area contributed by atoms with Crippen LogP contribution in [0.3, 0.4) is 0 Å². The number of ketones is 3. The van der Waals surface area contributed by atoms with Gasteiger partial charge in [0.25, 0.3) is 0 Å². The van der Waals surface area contributed by atoms with Crippen molar-refractivity contribution in [2.24, 2.45) is 17.8 Å². The molecule has 3 rings (SSSR count). The molecule has 1 aromatic heterocycles. The molecule has 0 saturated carbocycles. The zero-order valence-corrected chi connectivity index (χ0v) is 35.9. The van der Waals surface area contributed by atoms with Crippen LogP contribution in [-0.2, 0) is 63.8 Å². The van der Waals surface area contributed by atoms with Crippen LogP contribution >= 0.6 is 7.82 Å². The highest BCUT2D eigenvalue weighted by atomic mass is 31.2. The van der Waals surface area contributed by atoms with Crippen LogP contribution in [0.5, 0.6) is 0 Å². The molecule has 0 bridgehead atoms. The number of phosphoric acid groups is 1. The number of amides is 3. The van der Waals surface area contributed by atoms with Gasteiger partial charge >= 0.3 is 7.82 Å². The van der Waals surface area contributed by atoms with Crippen LogP contribution in [-0.4, -0.2) is 108 Å². The molecule has 1 saturated heterocycles. The minimum absolute atomic E-state index is 0.0230. The first-order chi connectivity index (χ1) is 27.7. The fraction of sp³-hybridized carbons (Fsp3) is 0.634. The quantitative estimate of drug-likeness (QED) is 0.0617. The van der Waals surface area contributed by atoms with E-state index in [2.05, 4.69) is 15.2 Å². The van der Waals surface area contributed by atoms with Gasteiger partial charge in [-0.2, -0.15) is 0 Å². The van der Waals surface area contributed by atoms with Crippen molar-refractivity contribution in [3.8, 4) is 0 Å². The second kappa shape index (κ2) is 23.0. The van der Waals surface area contributed by atoms with E-state index in [1.165, 1.54) is 32.6 Å². The number of aryl methyl sites for hydroxylation is 3. The smallest absolute Gasteiger partial charge is 0.394 e. The average Bonchev–Trinajstić information content (AvgIpc) is 3.81. The van der Waals surface area contributed by atoms with Gasteiger partial charge in [0.05, 0.1) is 55.8 Å². The van der Waals surface area contributed by atoms with Gasteiger partial charge in [-0.25, -0.2) is 13.7 Å². The van der Waals surface area contributed by atoms with Gasteiger partial charge in [-0.05, 0) is 51.5 Å². The molecule has 2 aromatic rings. The molecule has 1 aliphatic rings. The number of aromatic nitrogens is 2. The van der Waals surface area contributed by atoms with E-state index in [4.69, 9.17) is 0 Å². The van der Waals surface area contributed by atoms with Crippen molar-refractivity contribution in [3.05, 3.63) is 54.1 Å².